The van der Waals surface area contributed by atoms with Crippen LogP contribution in [0.4, 0.5) is 0 Å². The fourth-order valence-electron chi connectivity index (χ4n) is 1.67. The summed E-state index contributed by atoms with van der Waals surface area (Å²) in [4.78, 5) is 7.52. The van der Waals surface area contributed by atoms with E-state index in [-0.39, 0.29) is 0 Å². The van der Waals surface area contributed by atoms with Gasteiger partial charge in [-0.1, -0.05) is 12.1 Å². The maximum absolute atomic E-state index is 5.58. The number of nitrogens with zero attached hydrogens (tertiary/aromatic N) is 1. The molecule has 0 saturated carbocycles. The van der Waals surface area contributed by atoms with E-state index in [1.54, 1.807) is 11.3 Å². The van der Waals surface area contributed by atoms with Gasteiger partial charge in [0.05, 0.1) is 10.2 Å². The third-order valence-corrected chi connectivity index (χ3v) is 3.24. The standard InChI is InChI=1S/C10H9N3S/c11-4-6-1-2-7-8(3-6)13-10-9(7)14-5-12-10/h1-3,5,13H,4,11H2. The first-order chi connectivity index (χ1) is 6.88. The van der Waals surface area contributed by atoms with Crippen LogP contribution in [0.2, 0.25) is 0 Å². The van der Waals surface area contributed by atoms with Crippen LogP contribution in [0.15, 0.2) is 23.7 Å². The summed E-state index contributed by atoms with van der Waals surface area (Å²) < 4.78 is 1.23. The number of benzene rings is 1. The number of thiazole rings is 1. The highest BCUT2D eigenvalue weighted by Gasteiger charge is 2.05. The van der Waals surface area contributed by atoms with Gasteiger partial charge in [0, 0.05) is 17.4 Å². The molecular formula is C10H9N3S. The maximum Gasteiger partial charge on any atom is 0.149 e. The van der Waals surface area contributed by atoms with E-state index < -0.39 is 0 Å². The molecule has 2 heterocycles. The average molecular weight is 203 g/mol. The molecular weight excluding hydrogens is 194 g/mol. The largest absolute Gasteiger partial charge is 0.338 e. The van der Waals surface area contributed by atoms with Crippen molar-refractivity contribution >= 4 is 32.6 Å². The van der Waals surface area contributed by atoms with Crippen molar-refractivity contribution in [2.75, 3.05) is 0 Å². The van der Waals surface area contributed by atoms with Crippen molar-refractivity contribution < 1.29 is 0 Å². The van der Waals surface area contributed by atoms with Crippen LogP contribution in [0.25, 0.3) is 21.3 Å². The number of fused-ring (bicyclic) bond motifs is 3. The van der Waals surface area contributed by atoms with Crippen LogP contribution >= 0.6 is 11.3 Å². The number of rotatable bonds is 1. The van der Waals surface area contributed by atoms with Gasteiger partial charge in [0.1, 0.15) is 5.65 Å². The molecule has 3 rings (SSSR count). The Bertz CT molecular complexity index is 593. The molecule has 0 saturated heterocycles. The molecule has 0 bridgehead atoms. The van der Waals surface area contributed by atoms with Crippen molar-refractivity contribution in [2.24, 2.45) is 5.73 Å². The molecule has 1 aromatic carbocycles. The first-order valence-electron chi connectivity index (χ1n) is 4.42. The van der Waals surface area contributed by atoms with Gasteiger partial charge in [-0.05, 0) is 11.6 Å². The highest BCUT2D eigenvalue weighted by Crippen LogP contribution is 2.28. The summed E-state index contributed by atoms with van der Waals surface area (Å²) >= 11 is 1.66. The Balaban J connectivity index is 2.43. The third kappa shape index (κ3) is 0.981. The average Bonchev–Trinajstić information content (AvgIpc) is 2.75. The van der Waals surface area contributed by atoms with Crippen LogP contribution in [0.1, 0.15) is 5.56 Å². The molecule has 3 aromatic rings. The van der Waals surface area contributed by atoms with Crippen LogP contribution < -0.4 is 5.73 Å². The van der Waals surface area contributed by atoms with E-state index in [2.05, 4.69) is 28.2 Å². The van der Waals surface area contributed by atoms with E-state index >= 15 is 0 Å². The van der Waals surface area contributed by atoms with Crippen molar-refractivity contribution in [1.29, 1.82) is 0 Å². The fraction of sp³-hybridized carbons (Fsp3) is 0.100. The highest BCUT2D eigenvalue weighted by atomic mass is 32.1. The fourth-order valence-corrected chi connectivity index (χ4v) is 2.46. The van der Waals surface area contributed by atoms with Crippen molar-refractivity contribution in [2.45, 2.75) is 6.54 Å². The van der Waals surface area contributed by atoms with Gasteiger partial charge in [-0.3, -0.25) is 0 Å². The molecule has 0 aliphatic carbocycles. The number of hydrogen-bond donors (Lipinski definition) is 2. The maximum atomic E-state index is 5.58. The lowest BCUT2D eigenvalue weighted by molar-refractivity contribution is 1.07. The van der Waals surface area contributed by atoms with Gasteiger partial charge in [0.2, 0.25) is 0 Å². The number of H-pyrrole nitrogens is 1. The van der Waals surface area contributed by atoms with E-state index in [9.17, 15) is 0 Å². The Labute approximate surface area is 84.6 Å². The summed E-state index contributed by atoms with van der Waals surface area (Å²) in [5.41, 5.74) is 10.7. The summed E-state index contributed by atoms with van der Waals surface area (Å²) in [6.45, 7) is 0.579. The van der Waals surface area contributed by atoms with E-state index in [0.29, 0.717) is 6.54 Å². The van der Waals surface area contributed by atoms with E-state index in [0.717, 1.165) is 16.7 Å². The van der Waals surface area contributed by atoms with Crippen LogP contribution in [-0.2, 0) is 6.54 Å². The predicted octanol–water partition coefficient (Wildman–Crippen LogP) is 2.24. The zero-order valence-electron chi connectivity index (χ0n) is 7.45. The second-order valence-corrected chi connectivity index (χ2v) is 4.09. The van der Waals surface area contributed by atoms with Gasteiger partial charge in [-0.15, -0.1) is 11.3 Å². The first-order valence-corrected chi connectivity index (χ1v) is 5.30. The molecule has 0 aliphatic heterocycles. The summed E-state index contributed by atoms with van der Waals surface area (Å²) in [5, 5.41) is 1.24. The highest BCUT2D eigenvalue weighted by molar-refractivity contribution is 7.17. The van der Waals surface area contributed by atoms with Gasteiger partial charge in [0.15, 0.2) is 0 Å². The smallest absolute Gasteiger partial charge is 0.149 e. The van der Waals surface area contributed by atoms with Crippen LogP contribution in [0.5, 0.6) is 0 Å². The number of aromatic amines is 1. The molecule has 70 valence electrons. The van der Waals surface area contributed by atoms with Crippen molar-refractivity contribution in [3.63, 3.8) is 0 Å². The minimum atomic E-state index is 0.579. The monoisotopic (exact) mass is 203 g/mol. The van der Waals surface area contributed by atoms with Gasteiger partial charge in [-0.2, -0.15) is 0 Å². The van der Waals surface area contributed by atoms with Crippen LogP contribution in [0, 0.1) is 0 Å². The molecule has 3 N–H and O–H groups in total. The summed E-state index contributed by atoms with van der Waals surface area (Å²) in [6.07, 6.45) is 0. The molecule has 0 amide bonds. The Hall–Kier alpha value is -1.39. The SMILES string of the molecule is NCc1ccc2c(c1)[nH]c1ncsc12. The first kappa shape index (κ1) is 7.96. The molecule has 0 spiro atoms. The minimum Gasteiger partial charge on any atom is -0.338 e. The molecule has 0 fully saturated rings. The molecule has 2 aromatic heterocycles. The van der Waals surface area contributed by atoms with Gasteiger partial charge in [-0.25, -0.2) is 4.98 Å². The normalized spacial score (nSPS) is 11.5. The lowest BCUT2D eigenvalue weighted by Crippen LogP contribution is -1.94. The number of nitrogens with two attached hydrogens (primary N) is 1. The van der Waals surface area contributed by atoms with E-state index in [4.69, 9.17) is 5.73 Å². The van der Waals surface area contributed by atoms with Crippen LogP contribution in [-0.4, -0.2) is 9.97 Å². The van der Waals surface area contributed by atoms with Crippen molar-refractivity contribution in [3.05, 3.63) is 29.3 Å². The molecule has 0 unspecified atom stereocenters. The molecule has 3 nitrogen and oxygen atoms in total. The lowest BCUT2D eigenvalue weighted by atomic mass is 10.2. The number of nitrogens with one attached hydrogen (secondary N) is 1. The topological polar surface area (TPSA) is 54.7 Å². The second-order valence-electron chi connectivity index (χ2n) is 3.24. The Morgan fingerprint density at radius 1 is 1.43 bits per heavy atom. The van der Waals surface area contributed by atoms with E-state index in [1.165, 1.54) is 10.1 Å². The zero-order chi connectivity index (χ0) is 9.54. The van der Waals surface area contributed by atoms with E-state index in [1.807, 2.05) is 5.51 Å². The summed E-state index contributed by atoms with van der Waals surface area (Å²) in [6, 6.07) is 6.26. The number of hydrogen-bond acceptors (Lipinski definition) is 3. The summed E-state index contributed by atoms with van der Waals surface area (Å²) in [5.74, 6) is 0. The Morgan fingerprint density at radius 3 is 3.21 bits per heavy atom. The zero-order valence-corrected chi connectivity index (χ0v) is 8.27. The molecule has 0 atom stereocenters. The predicted molar refractivity (Wildman–Crippen MR) is 59.4 cm³/mol. The molecule has 0 aliphatic rings. The minimum absolute atomic E-state index is 0.579. The van der Waals surface area contributed by atoms with Gasteiger partial charge < -0.3 is 10.7 Å². The van der Waals surface area contributed by atoms with Gasteiger partial charge in [0.25, 0.3) is 0 Å². The molecule has 0 radical (unpaired) electrons. The quantitative estimate of drug-likeness (QED) is 0.637. The summed E-state index contributed by atoms with van der Waals surface area (Å²) in [7, 11) is 0. The van der Waals surface area contributed by atoms with Crippen LogP contribution in [0.3, 0.4) is 0 Å². The van der Waals surface area contributed by atoms with Crippen molar-refractivity contribution in [1.82, 2.24) is 9.97 Å². The second kappa shape index (κ2) is 2.80. The molecule has 14 heavy (non-hydrogen) atoms. The Morgan fingerprint density at radius 2 is 2.36 bits per heavy atom. The molecule has 4 heteroatoms. The Kier molecular flexibility index (Phi) is 1.59. The van der Waals surface area contributed by atoms with Crippen molar-refractivity contribution in [3.8, 4) is 0 Å². The third-order valence-electron chi connectivity index (χ3n) is 2.38. The number of aromatic nitrogens is 2. The van der Waals surface area contributed by atoms with Gasteiger partial charge >= 0.3 is 0 Å². The lowest BCUT2D eigenvalue weighted by Gasteiger charge is -1.95.